The van der Waals surface area contributed by atoms with Crippen LogP contribution < -0.4 is 5.32 Å². The quantitative estimate of drug-likeness (QED) is 0.824. The number of carbonyl (C=O) groups excluding carboxylic acids is 2. The molecule has 26 heavy (non-hydrogen) atoms. The molecule has 0 aromatic carbocycles. The standard InChI is InChI=1S/C19H26N4O2S/c1-13(22-8-10-23(11-9-22)14(2)24)18(25)21-19-16(12-20)15-6-4-3-5-7-17(15)26-19/h13H,3-11H2,1-2H3,(H,21,25)/t13-/m1/s1. The zero-order valence-electron chi connectivity index (χ0n) is 15.5. The molecule has 140 valence electrons. The van der Waals surface area contributed by atoms with Crippen LogP contribution in [0.15, 0.2) is 0 Å². The molecule has 0 radical (unpaired) electrons. The summed E-state index contributed by atoms with van der Waals surface area (Å²) < 4.78 is 0. The van der Waals surface area contributed by atoms with Crippen LogP contribution in [0.1, 0.15) is 49.1 Å². The van der Waals surface area contributed by atoms with Gasteiger partial charge in [0.25, 0.3) is 0 Å². The fourth-order valence-corrected chi connectivity index (χ4v) is 5.00. The average Bonchev–Trinajstić information content (AvgIpc) is 2.80. The summed E-state index contributed by atoms with van der Waals surface area (Å²) in [6.07, 6.45) is 5.42. The van der Waals surface area contributed by atoms with Gasteiger partial charge in [0.05, 0.1) is 11.6 Å². The SMILES string of the molecule is CC(=O)N1CCN([C@H](C)C(=O)Nc2sc3c(c2C#N)CCCCC3)CC1. The van der Waals surface area contributed by atoms with E-state index < -0.39 is 0 Å². The molecular formula is C19H26N4O2S. The number of rotatable bonds is 3. The van der Waals surface area contributed by atoms with Crippen LogP contribution in [0.5, 0.6) is 0 Å². The lowest BCUT2D eigenvalue weighted by Gasteiger charge is -2.36. The van der Waals surface area contributed by atoms with Crippen molar-refractivity contribution >= 4 is 28.2 Å². The molecule has 1 aliphatic heterocycles. The van der Waals surface area contributed by atoms with Crippen LogP contribution in [-0.2, 0) is 22.4 Å². The lowest BCUT2D eigenvalue weighted by Crippen LogP contribution is -2.53. The maximum absolute atomic E-state index is 12.7. The number of aryl methyl sites for hydroxylation is 1. The minimum Gasteiger partial charge on any atom is -0.340 e. The highest BCUT2D eigenvalue weighted by Crippen LogP contribution is 2.37. The van der Waals surface area contributed by atoms with Crippen molar-refractivity contribution in [3.63, 3.8) is 0 Å². The van der Waals surface area contributed by atoms with Crippen LogP contribution in [0.25, 0.3) is 0 Å². The number of amides is 2. The van der Waals surface area contributed by atoms with Gasteiger partial charge in [-0.3, -0.25) is 14.5 Å². The number of nitrogens with one attached hydrogen (secondary N) is 1. The summed E-state index contributed by atoms with van der Waals surface area (Å²) in [4.78, 5) is 29.3. The molecule has 1 aromatic rings. The third-order valence-electron chi connectivity index (χ3n) is 5.46. The Labute approximate surface area is 158 Å². The first-order chi connectivity index (χ1) is 12.5. The molecule has 1 fully saturated rings. The summed E-state index contributed by atoms with van der Waals surface area (Å²) in [7, 11) is 0. The van der Waals surface area contributed by atoms with Crippen molar-refractivity contribution in [2.24, 2.45) is 0 Å². The lowest BCUT2D eigenvalue weighted by atomic mass is 10.1. The van der Waals surface area contributed by atoms with E-state index in [2.05, 4.69) is 16.3 Å². The van der Waals surface area contributed by atoms with Crippen molar-refractivity contribution in [3.8, 4) is 6.07 Å². The molecule has 2 aliphatic rings. The molecule has 2 heterocycles. The number of hydrogen-bond acceptors (Lipinski definition) is 5. The smallest absolute Gasteiger partial charge is 0.242 e. The van der Waals surface area contributed by atoms with E-state index >= 15 is 0 Å². The van der Waals surface area contributed by atoms with Gasteiger partial charge in [0.1, 0.15) is 11.1 Å². The summed E-state index contributed by atoms with van der Waals surface area (Å²) in [5.74, 6) is 0.00897. The molecule has 1 saturated heterocycles. The van der Waals surface area contributed by atoms with Gasteiger partial charge in [-0.25, -0.2) is 0 Å². The lowest BCUT2D eigenvalue weighted by molar-refractivity contribution is -0.131. The number of piperazine rings is 1. The normalized spacial score (nSPS) is 19.2. The first-order valence-corrected chi connectivity index (χ1v) is 10.2. The van der Waals surface area contributed by atoms with Gasteiger partial charge in [-0.05, 0) is 38.2 Å². The highest BCUT2D eigenvalue weighted by molar-refractivity contribution is 7.16. The Kier molecular flexibility index (Phi) is 5.94. The first-order valence-electron chi connectivity index (χ1n) is 9.36. The summed E-state index contributed by atoms with van der Waals surface area (Å²) in [5, 5.41) is 13.3. The fourth-order valence-electron chi connectivity index (χ4n) is 3.76. The van der Waals surface area contributed by atoms with Crippen LogP contribution in [0.2, 0.25) is 0 Å². The predicted octanol–water partition coefficient (Wildman–Crippen LogP) is 2.38. The van der Waals surface area contributed by atoms with E-state index in [1.807, 2.05) is 11.8 Å². The first kappa shape index (κ1) is 18.9. The van der Waals surface area contributed by atoms with Crippen LogP contribution in [0.4, 0.5) is 5.00 Å². The highest BCUT2D eigenvalue weighted by atomic mass is 32.1. The number of hydrogen-bond donors (Lipinski definition) is 1. The van der Waals surface area contributed by atoms with Gasteiger partial charge in [-0.15, -0.1) is 11.3 Å². The molecule has 1 aromatic heterocycles. The van der Waals surface area contributed by atoms with Crippen molar-refractivity contribution < 1.29 is 9.59 Å². The van der Waals surface area contributed by atoms with Crippen LogP contribution in [-0.4, -0.2) is 53.8 Å². The van der Waals surface area contributed by atoms with E-state index in [4.69, 9.17) is 0 Å². The minimum atomic E-state index is -0.280. The van der Waals surface area contributed by atoms with Crippen LogP contribution in [0, 0.1) is 11.3 Å². The van der Waals surface area contributed by atoms with Crippen molar-refractivity contribution in [2.75, 3.05) is 31.5 Å². The van der Waals surface area contributed by atoms with Crippen LogP contribution >= 0.6 is 11.3 Å². The van der Waals surface area contributed by atoms with Crippen LogP contribution in [0.3, 0.4) is 0 Å². The highest BCUT2D eigenvalue weighted by Gasteiger charge is 2.28. The topological polar surface area (TPSA) is 76.4 Å². The Morgan fingerprint density at radius 1 is 1.15 bits per heavy atom. The van der Waals surface area contributed by atoms with Gasteiger partial charge in [0.2, 0.25) is 11.8 Å². The number of anilines is 1. The number of thiophene rings is 1. The van der Waals surface area contributed by atoms with E-state index in [0.29, 0.717) is 36.7 Å². The molecule has 1 aliphatic carbocycles. The van der Waals surface area contributed by atoms with Gasteiger partial charge >= 0.3 is 0 Å². The Bertz CT molecular complexity index is 729. The molecule has 7 heteroatoms. The molecule has 1 N–H and O–H groups in total. The van der Waals surface area contributed by atoms with Gasteiger partial charge in [0, 0.05) is 38.0 Å². The molecule has 3 rings (SSSR count). The maximum Gasteiger partial charge on any atom is 0.242 e. The van der Waals surface area contributed by atoms with Gasteiger partial charge in [0.15, 0.2) is 0 Å². The van der Waals surface area contributed by atoms with Crippen molar-refractivity contribution in [2.45, 2.75) is 52.0 Å². The molecule has 0 unspecified atom stereocenters. The predicted molar refractivity (Wildman–Crippen MR) is 102 cm³/mol. The Morgan fingerprint density at radius 3 is 2.50 bits per heavy atom. The van der Waals surface area contributed by atoms with Crippen molar-refractivity contribution in [3.05, 3.63) is 16.0 Å². The third kappa shape index (κ3) is 3.92. The average molecular weight is 375 g/mol. The number of carbonyl (C=O) groups is 2. The van der Waals surface area contributed by atoms with Crippen molar-refractivity contribution in [1.82, 2.24) is 9.80 Å². The van der Waals surface area contributed by atoms with Gasteiger partial charge in [-0.1, -0.05) is 6.42 Å². The van der Waals surface area contributed by atoms with E-state index in [1.165, 1.54) is 11.3 Å². The summed E-state index contributed by atoms with van der Waals surface area (Å²) in [6.45, 7) is 6.17. The largest absolute Gasteiger partial charge is 0.340 e. The molecule has 6 nitrogen and oxygen atoms in total. The third-order valence-corrected chi connectivity index (χ3v) is 6.66. The maximum atomic E-state index is 12.7. The Morgan fingerprint density at radius 2 is 1.85 bits per heavy atom. The molecule has 2 amide bonds. The second kappa shape index (κ2) is 8.19. The van der Waals surface area contributed by atoms with Crippen molar-refractivity contribution in [1.29, 1.82) is 5.26 Å². The number of nitriles is 1. The number of nitrogens with zero attached hydrogens (tertiary/aromatic N) is 3. The van der Waals surface area contributed by atoms with E-state index in [1.54, 1.807) is 18.3 Å². The minimum absolute atomic E-state index is 0.0748. The van der Waals surface area contributed by atoms with E-state index in [9.17, 15) is 14.9 Å². The molecule has 0 saturated carbocycles. The summed E-state index contributed by atoms with van der Waals surface area (Å²) >= 11 is 1.57. The Hall–Kier alpha value is -1.91. The molecule has 0 bridgehead atoms. The second-order valence-corrected chi connectivity index (χ2v) is 8.19. The van der Waals surface area contributed by atoms with Gasteiger partial charge < -0.3 is 10.2 Å². The summed E-state index contributed by atoms with van der Waals surface area (Å²) in [5.41, 5.74) is 1.81. The molecule has 1 atom stereocenters. The Balaban J connectivity index is 1.67. The monoisotopic (exact) mass is 374 g/mol. The second-order valence-electron chi connectivity index (χ2n) is 7.09. The van der Waals surface area contributed by atoms with Gasteiger partial charge in [-0.2, -0.15) is 5.26 Å². The summed E-state index contributed by atoms with van der Waals surface area (Å²) in [6, 6.07) is 2.03. The van der Waals surface area contributed by atoms with E-state index in [-0.39, 0.29) is 17.9 Å². The molecule has 0 spiro atoms. The fraction of sp³-hybridized carbons (Fsp3) is 0.632. The zero-order valence-corrected chi connectivity index (χ0v) is 16.3. The molecular weight excluding hydrogens is 348 g/mol. The van der Waals surface area contributed by atoms with E-state index in [0.717, 1.165) is 31.2 Å². The number of fused-ring (bicyclic) bond motifs is 1. The zero-order chi connectivity index (χ0) is 18.7.